The van der Waals surface area contributed by atoms with Crippen molar-refractivity contribution in [2.45, 2.75) is 36.5 Å². The van der Waals surface area contributed by atoms with Crippen LogP contribution in [0.25, 0.3) is 0 Å². The number of alkyl halides is 3. The predicted octanol–water partition coefficient (Wildman–Crippen LogP) is 5.69. The molecule has 8 nitrogen and oxygen atoms in total. The molecular formula is C25H24ClF5N4O4S. The van der Waals surface area contributed by atoms with Gasteiger partial charge in [0.1, 0.15) is 15.7 Å². The van der Waals surface area contributed by atoms with Gasteiger partial charge in [0.15, 0.2) is 5.82 Å². The number of likely N-dealkylation sites (tertiary alicyclic amines) is 1. The minimum Gasteiger partial charge on any atom is -0.475 e. The summed E-state index contributed by atoms with van der Waals surface area (Å²) in [4.78, 5) is 14.0. The Morgan fingerprint density at radius 3 is 2.35 bits per heavy atom. The van der Waals surface area contributed by atoms with Gasteiger partial charge >= 0.3 is 12.1 Å². The molecule has 0 spiro atoms. The standard InChI is InChI=1S/C23H23ClF2N4O2S.C2HF3O2/c1-15(16-6-3-2-4-7-16)30-13-12-17(14-30)27-18-10-11-19(23(26)22(18)24)33(31,32)29-21-9-5-8-20(25)28-21;3-2(4,5)1(6)7/h2-11,15,17,27H,12-14H2,1H3,(H,28,29);(H,6,7)/t15-,17-;/m0./s1. The third kappa shape index (κ3) is 8.02. The van der Waals surface area contributed by atoms with E-state index in [-0.39, 0.29) is 22.9 Å². The van der Waals surface area contributed by atoms with Crippen LogP contribution >= 0.6 is 11.6 Å². The Kier molecular flexibility index (Phi) is 9.92. The summed E-state index contributed by atoms with van der Waals surface area (Å²) >= 11 is 6.19. The smallest absolute Gasteiger partial charge is 0.475 e. The van der Waals surface area contributed by atoms with Crippen molar-refractivity contribution in [3.8, 4) is 0 Å². The zero-order valence-corrected chi connectivity index (χ0v) is 22.4. The normalized spacial score (nSPS) is 16.5. The third-order valence-corrected chi connectivity index (χ3v) is 7.68. The van der Waals surface area contributed by atoms with Gasteiger partial charge < -0.3 is 10.4 Å². The Hall–Kier alpha value is -3.49. The number of carboxylic acids is 1. The monoisotopic (exact) mass is 606 g/mol. The molecule has 1 fully saturated rings. The highest BCUT2D eigenvalue weighted by molar-refractivity contribution is 7.92. The summed E-state index contributed by atoms with van der Waals surface area (Å²) in [6.45, 7) is 3.75. The molecule has 15 heteroatoms. The highest BCUT2D eigenvalue weighted by Crippen LogP contribution is 2.33. The zero-order valence-electron chi connectivity index (χ0n) is 20.8. The number of hydrogen-bond donors (Lipinski definition) is 3. The van der Waals surface area contributed by atoms with Crippen molar-refractivity contribution in [2.24, 2.45) is 0 Å². The molecule has 4 rings (SSSR count). The van der Waals surface area contributed by atoms with Crippen molar-refractivity contribution in [2.75, 3.05) is 23.1 Å². The second kappa shape index (κ2) is 12.8. The maximum atomic E-state index is 14.9. The molecule has 2 atom stereocenters. The van der Waals surface area contributed by atoms with Crippen LogP contribution in [0.3, 0.4) is 0 Å². The molecule has 0 amide bonds. The fourth-order valence-electron chi connectivity index (χ4n) is 3.93. The Morgan fingerprint density at radius 2 is 1.75 bits per heavy atom. The molecule has 0 saturated carbocycles. The number of nitrogens with zero attached hydrogens (tertiary/aromatic N) is 2. The lowest BCUT2D eigenvalue weighted by Gasteiger charge is -2.25. The van der Waals surface area contributed by atoms with Crippen LogP contribution in [0.5, 0.6) is 0 Å². The number of carboxylic acid groups (broad SMARTS) is 1. The van der Waals surface area contributed by atoms with Crippen molar-refractivity contribution in [3.63, 3.8) is 0 Å². The van der Waals surface area contributed by atoms with Gasteiger partial charge in [0.2, 0.25) is 5.95 Å². The van der Waals surface area contributed by atoms with Crippen molar-refractivity contribution < 1.29 is 40.3 Å². The average molecular weight is 607 g/mol. The lowest BCUT2D eigenvalue weighted by Crippen LogP contribution is -2.28. The maximum Gasteiger partial charge on any atom is 0.490 e. The topological polar surface area (TPSA) is 112 Å². The van der Waals surface area contributed by atoms with E-state index in [2.05, 4.69) is 39.0 Å². The molecule has 216 valence electrons. The van der Waals surface area contributed by atoms with E-state index in [1.807, 2.05) is 18.2 Å². The van der Waals surface area contributed by atoms with E-state index in [1.54, 1.807) is 0 Å². The van der Waals surface area contributed by atoms with Crippen LogP contribution in [-0.4, -0.2) is 54.7 Å². The van der Waals surface area contributed by atoms with Crippen molar-refractivity contribution >= 4 is 39.1 Å². The minimum absolute atomic E-state index is 0.0325. The molecule has 0 unspecified atom stereocenters. The average Bonchev–Trinajstić information content (AvgIpc) is 3.35. The van der Waals surface area contributed by atoms with Crippen LogP contribution in [0.1, 0.15) is 24.9 Å². The highest BCUT2D eigenvalue weighted by atomic mass is 35.5. The number of pyridine rings is 1. The van der Waals surface area contributed by atoms with E-state index in [1.165, 1.54) is 23.8 Å². The van der Waals surface area contributed by atoms with Crippen LogP contribution in [0.2, 0.25) is 5.02 Å². The number of aliphatic carboxylic acids is 1. The van der Waals surface area contributed by atoms with Gasteiger partial charge in [0.25, 0.3) is 10.0 Å². The number of aromatic nitrogens is 1. The second-order valence-corrected chi connectivity index (χ2v) is 10.7. The van der Waals surface area contributed by atoms with E-state index in [0.717, 1.165) is 31.6 Å². The van der Waals surface area contributed by atoms with Gasteiger partial charge in [-0.15, -0.1) is 0 Å². The Balaban J connectivity index is 0.000000559. The van der Waals surface area contributed by atoms with E-state index in [4.69, 9.17) is 21.5 Å². The van der Waals surface area contributed by atoms with Gasteiger partial charge in [-0.1, -0.05) is 48.0 Å². The summed E-state index contributed by atoms with van der Waals surface area (Å²) in [6, 6.07) is 16.6. The molecule has 3 N–H and O–H groups in total. The quantitative estimate of drug-likeness (QED) is 0.234. The van der Waals surface area contributed by atoms with Crippen LogP contribution in [0.15, 0.2) is 65.6 Å². The summed E-state index contributed by atoms with van der Waals surface area (Å²) in [7, 11) is -4.35. The Bertz CT molecular complexity index is 1440. The molecule has 1 aliphatic rings. The Labute approximate surface area is 231 Å². The van der Waals surface area contributed by atoms with Crippen molar-refractivity contribution in [1.82, 2.24) is 9.88 Å². The summed E-state index contributed by atoms with van der Waals surface area (Å²) < 4.78 is 87.2. The molecule has 0 bridgehead atoms. The fourth-order valence-corrected chi connectivity index (χ4v) is 5.29. The molecule has 1 saturated heterocycles. The number of rotatable bonds is 7. The van der Waals surface area contributed by atoms with Gasteiger partial charge in [0.05, 0.1) is 5.69 Å². The molecule has 3 aromatic rings. The highest BCUT2D eigenvalue weighted by Gasteiger charge is 2.38. The summed E-state index contributed by atoms with van der Waals surface area (Å²) in [5.41, 5.74) is 1.54. The number of benzene rings is 2. The number of halogens is 6. The van der Waals surface area contributed by atoms with Crippen molar-refractivity contribution in [1.29, 1.82) is 0 Å². The number of hydrogen-bond acceptors (Lipinski definition) is 6. The summed E-state index contributed by atoms with van der Waals surface area (Å²) in [5.74, 6) is -4.96. The van der Waals surface area contributed by atoms with E-state index < -0.39 is 38.8 Å². The Morgan fingerprint density at radius 1 is 1.10 bits per heavy atom. The number of sulfonamides is 1. The fraction of sp³-hybridized carbons (Fsp3) is 0.280. The van der Waals surface area contributed by atoms with Crippen LogP contribution in [0.4, 0.5) is 33.5 Å². The molecule has 2 heterocycles. The van der Waals surface area contributed by atoms with E-state index in [9.17, 15) is 30.4 Å². The SMILES string of the molecule is C[C@@H](c1ccccc1)N1CC[C@H](Nc2ccc(S(=O)(=O)Nc3cccc(F)n3)c(F)c2Cl)C1.O=C(O)C(F)(F)F. The summed E-state index contributed by atoms with van der Waals surface area (Å²) in [5, 5.41) is 10.0. The van der Waals surface area contributed by atoms with Crippen LogP contribution in [-0.2, 0) is 14.8 Å². The van der Waals surface area contributed by atoms with E-state index in [0.29, 0.717) is 5.69 Å². The first-order valence-electron chi connectivity index (χ1n) is 11.7. The lowest BCUT2D eigenvalue weighted by molar-refractivity contribution is -0.192. The molecule has 1 aromatic heterocycles. The van der Waals surface area contributed by atoms with Gasteiger partial charge in [-0.05, 0) is 43.2 Å². The van der Waals surface area contributed by atoms with Crippen LogP contribution < -0.4 is 10.0 Å². The first kappa shape index (κ1) is 31.0. The first-order valence-corrected chi connectivity index (χ1v) is 13.5. The van der Waals surface area contributed by atoms with Crippen molar-refractivity contribution in [3.05, 3.63) is 83.0 Å². The molecular weight excluding hydrogens is 583 g/mol. The molecule has 0 aliphatic carbocycles. The van der Waals surface area contributed by atoms with E-state index >= 15 is 0 Å². The zero-order chi connectivity index (χ0) is 29.7. The molecule has 1 aliphatic heterocycles. The molecule has 0 radical (unpaired) electrons. The molecule has 40 heavy (non-hydrogen) atoms. The van der Waals surface area contributed by atoms with Gasteiger partial charge in [-0.3, -0.25) is 9.62 Å². The van der Waals surface area contributed by atoms with Gasteiger partial charge in [0, 0.05) is 25.2 Å². The third-order valence-electron chi connectivity index (χ3n) is 5.94. The predicted molar refractivity (Wildman–Crippen MR) is 139 cm³/mol. The second-order valence-electron chi connectivity index (χ2n) is 8.70. The van der Waals surface area contributed by atoms with Gasteiger partial charge in [-0.2, -0.15) is 17.6 Å². The number of carbonyl (C=O) groups is 1. The first-order chi connectivity index (χ1) is 18.7. The summed E-state index contributed by atoms with van der Waals surface area (Å²) in [6.07, 6.45) is -4.25. The van der Waals surface area contributed by atoms with Crippen LogP contribution in [0, 0.1) is 11.8 Å². The maximum absolute atomic E-state index is 14.9. The largest absolute Gasteiger partial charge is 0.490 e. The number of anilines is 2. The molecule has 2 aromatic carbocycles. The lowest BCUT2D eigenvalue weighted by atomic mass is 10.1. The number of nitrogens with one attached hydrogen (secondary N) is 2. The van der Waals surface area contributed by atoms with Gasteiger partial charge in [-0.25, -0.2) is 22.6 Å². The minimum atomic E-state index is -5.08.